The van der Waals surface area contributed by atoms with Gasteiger partial charge in [-0.3, -0.25) is 0 Å². The molecule has 0 spiro atoms. The van der Waals surface area contributed by atoms with Crippen LogP contribution in [0.4, 0.5) is 5.69 Å². The van der Waals surface area contributed by atoms with E-state index in [0.717, 1.165) is 18.5 Å². The fourth-order valence-electron chi connectivity index (χ4n) is 2.67. The van der Waals surface area contributed by atoms with Crippen LogP contribution in [-0.4, -0.2) is 24.3 Å². The van der Waals surface area contributed by atoms with E-state index in [1.807, 2.05) is 18.3 Å². The predicted octanol–water partition coefficient (Wildman–Crippen LogP) is 2.12. The number of nitrogens with two attached hydrogens (primary N) is 1. The van der Waals surface area contributed by atoms with E-state index in [4.69, 9.17) is 5.73 Å². The number of nitrogen functional groups attached to an aromatic ring is 1. The largest absolute Gasteiger partial charge is 0.399 e. The summed E-state index contributed by atoms with van der Waals surface area (Å²) in [6, 6.07) is 10.1. The molecule has 106 valence electrons. The number of hydrogen-bond donors (Lipinski definition) is 2. The lowest BCUT2D eigenvalue weighted by Crippen LogP contribution is -2.30. The number of rotatable bonds is 3. The van der Waals surface area contributed by atoms with Gasteiger partial charge in [-0.25, -0.2) is 8.42 Å². The van der Waals surface area contributed by atoms with E-state index in [1.165, 1.54) is 0 Å². The zero-order valence-corrected chi connectivity index (χ0v) is 11.8. The lowest BCUT2D eigenvalue weighted by atomic mass is 10.2. The lowest BCUT2D eigenvalue weighted by molar-refractivity contribution is 0.391. The minimum Gasteiger partial charge on any atom is -0.399 e. The molecule has 1 unspecified atom stereocenters. The number of hydrogen-bond acceptors (Lipinski definition) is 3. The smallest absolute Gasteiger partial charge is 0.243 e. The Hall–Kier alpha value is -1.79. The highest BCUT2D eigenvalue weighted by Crippen LogP contribution is 2.35. The van der Waals surface area contributed by atoms with Gasteiger partial charge in [0.25, 0.3) is 0 Å². The number of anilines is 1. The molecular formula is C14H17N3O2S. The Bertz CT molecular complexity index is 678. The summed E-state index contributed by atoms with van der Waals surface area (Å²) in [7, 11) is -3.47. The maximum absolute atomic E-state index is 12.7. The molecular weight excluding hydrogens is 274 g/mol. The lowest BCUT2D eigenvalue weighted by Gasteiger charge is -2.23. The summed E-state index contributed by atoms with van der Waals surface area (Å²) in [5.74, 6) is 0. The number of nitrogens with one attached hydrogen (secondary N) is 1. The highest BCUT2D eigenvalue weighted by molar-refractivity contribution is 7.89. The topological polar surface area (TPSA) is 79.2 Å². The summed E-state index contributed by atoms with van der Waals surface area (Å²) in [5, 5.41) is 0. The van der Waals surface area contributed by atoms with Crippen molar-refractivity contribution in [1.29, 1.82) is 0 Å². The SMILES string of the molecule is Nc1ccc(S(=O)(=O)N2CCCC2c2ccc[nH]2)cc1. The third-order valence-electron chi connectivity index (χ3n) is 3.67. The van der Waals surface area contributed by atoms with Crippen LogP contribution in [0.15, 0.2) is 47.5 Å². The molecule has 1 aliphatic rings. The molecule has 1 aromatic carbocycles. The predicted molar refractivity (Wildman–Crippen MR) is 77.5 cm³/mol. The molecule has 1 fully saturated rings. The van der Waals surface area contributed by atoms with Gasteiger partial charge in [0.1, 0.15) is 0 Å². The van der Waals surface area contributed by atoms with Crippen molar-refractivity contribution in [3.63, 3.8) is 0 Å². The number of H-pyrrole nitrogens is 1. The van der Waals surface area contributed by atoms with Crippen LogP contribution in [0.5, 0.6) is 0 Å². The van der Waals surface area contributed by atoms with Gasteiger partial charge >= 0.3 is 0 Å². The molecule has 0 amide bonds. The number of nitrogens with zero attached hydrogens (tertiary/aromatic N) is 1. The summed E-state index contributed by atoms with van der Waals surface area (Å²) in [6.07, 6.45) is 3.54. The summed E-state index contributed by atoms with van der Waals surface area (Å²) in [4.78, 5) is 3.41. The molecule has 1 aromatic heterocycles. The first kappa shape index (κ1) is 13.2. The van der Waals surface area contributed by atoms with Crippen LogP contribution in [-0.2, 0) is 10.0 Å². The number of aromatic nitrogens is 1. The highest BCUT2D eigenvalue weighted by Gasteiger charge is 2.36. The van der Waals surface area contributed by atoms with Gasteiger partial charge < -0.3 is 10.7 Å². The molecule has 0 bridgehead atoms. The van der Waals surface area contributed by atoms with Crippen molar-refractivity contribution in [2.75, 3.05) is 12.3 Å². The summed E-state index contributed by atoms with van der Waals surface area (Å²) >= 11 is 0. The van der Waals surface area contributed by atoms with E-state index in [2.05, 4.69) is 4.98 Å². The van der Waals surface area contributed by atoms with Gasteiger partial charge in [0.05, 0.1) is 10.9 Å². The van der Waals surface area contributed by atoms with Gasteiger partial charge in [-0.1, -0.05) is 0 Å². The average molecular weight is 291 g/mol. The van der Waals surface area contributed by atoms with Crippen LogP contribution in [0.2, 0.25) is 0 Å². The molecule has 1 saturated heterocycles. The quantitative estimate of drug-likeness (QED) is 0.850. The maximum Gasteiger partial charge on any atom is 0.243 e. The van der Waals surface area contributed by atoms with Crippen LogP contribution in [0.3, 0.4) is 0 Å². The zero-order valence-electron chi connectivity index (χ0n) is 11.0. The van der Waals surface area contributed by atoms with Crippen molar-refractivity contribution in [2.45, 2.75) is 23.8 Å². The van der Waals surface area contributed by atoms with Crippen LogP contribution in [0.1, 0.15) is 24.6 Å². The monoisotopic (exact) mass is 291 g/mol. The Labute approximate surface area is 118 Å². The molecule has 0 radical (unpaired) electrons. The van der Waals surface area contributed by atoms with Gasteiger partial charge in [-0.05, 0) is 49.2 Å². The number of sulfonamides is 1. The van der Waals surface area contributed by atoms with E-state index in [9.17, 15) is 8.42 Å². The van der Waals surface area contributed by atoms with E-state index in [1.54, 1.807) is 28.6 Å². The second-order valence-corrected chi connectivity index (χ2v) is 6.86. The highest BCUT2D eigenvalue weighted by atomic mass is 32.2. The Balaban J connectivity index is 1.96. The first-order chi connectivity index (χ1) is 9.59. The van der Waals surface area contributed by atoms with Crippen molar-refractivity contribution in [2.24, 2.45) is 0 Å². The molecule has 6 heteroatoms. The maximum atomic E-state index is 12.7. The molecule has 1 aliphatic heterocycles. The molecule has 3 N–H and O–H groups in total. The van der Waals surface area contributed by atoms with Crippen LogP contribution in [0.25, 0.3) is 0 Å². The van der Waals surface area contributed by atoms with Gasteiger partial charge in [-0.15, -0.1) is 0 Å². The standard InChI is InChI=1S/C14H17N3O2S/c15-11-5-7-12(8-6-11)20(18,19)17-10-2-4-14(17)13-3-1-9-16-13/h1,3,5-9,14,16H,2,4,10,15H2. The van der Waals surface area contributed by atoms with Crippen molar-refractivity contribution in [1.82, 2.24) is 9.29 Å². The van der Waals surface area contributed by atoms with Gasteiger partial charge in [-0.2, -0.15) is 4.31 Å². The Morgan fingerprint density at radius 3 is 2.60 bits per heavy atom. The van der Waals surface area contributed by atoms with E-state index in [-0.39, 0.29) is 6.04 Å². The zero-order chi connectivity index (χ0) is 14.2. The van der Waals surface area contributed by atoms with Crippen LogP contribution >= 0.6 is 0 Å². The van der Waals surface area contributed by atoms with Crippen molar-refractivity contribution in [3.05, 3.63) is 48.3 Å². The molecule has 2 heterocycles. The Morgan fingerprint density at radius 2 is 1.95 bits per heavy atom. The van der Waals surface area contributed by atoms with Crippen LogP contribution in [0, 0.1) is 0 Å². The molecule has 20 heavy (non-hydrogen) atoms. The molecule has 5 nitrogen and oxygen atoms in total. The van der Waals surface area contributed by atoms with Crippen molar-refractivity contribution in [3.8, 4) is 0 Å². The average Bonchev–Trinajstić information content (AvgIpc) is 3.10. The van der Waals surface area contributed by atoms with Crippen molar-refractivity contribution < 1.29 is 8.42 Å². The second kappa shape index (κ2) is 4.96. The number of benzene rings is 1. The minimum atomic E-state index is -3.47. The summed E-state index contributed by atoms with van der Waals surface area (Å²) in [5.41, 5.74) is 7.12. The molecule has 0 saturated carbocycles. The fourth-order valence-corrected chi connectivity index (χ4v) is 4.34. The molecule has 1 atom stereocenters. The van der Waals surface area contributed by atoms with Crippen molar-refractivity contribution >= 4 is 15.7 Å². The molecule has 2 aromatic rings. The van der Waals surface area contributed by atoms with E-state index >= 15 is 0 Å². The Kier molecular flexibility index (Phi) is 3.27. The van der Waals surface area contributed by atoms with E-state index < -0.39 is 10.0 Å². The second-order valence-electron chi connectivity index (χ2n) is 4.97. The third-order valence-corrected chi connectivity index (χ3v) is 5.59. The first-order valence-corrected chi connectivity index (χ1v) is 8.04. The number of aromatic amines is 1. The van der Waals surface area contributed by atoms with Gasteiger partial charge in [0.15, 0.2) is 0 Å². The van der Waals surface area contributed by atoms with Gasteiger partial charge in [0.2, 0.25) is 10.0 Å². The van der Waals surface area contributed by atoms with E-state index in [0.29, 0.717) is 17.1 Å². The molecule has 3 rings (SSSR count). The van der Waals surface area contributed by atoms with Crippen LogP contribution < -0.4 is 5.73 Å². The fraction of sp³-hybridized carbons (Fsp3) is 0.286. The normalized spacial score (nSPS) is 20.3. The van der Waals surface area contributed by atoms with Gasteiger partial charge in [0, 0.05) is 24.1 Å². The molecule has 0 aliphatic carbocycles. The Morgan fingerprint density at radius 1 is 1.20 bits per heavy atom. The summed E-state index contributed by atoms with van der Waals surface area (Å²) < 4.78 is 27.0. The first-order valence-electron chi connectivity index (χ1n) is 6.60. The third kappa shape index (κ3) is 2.21. The minimum absolute atomic E-state index is 0.104. The summed E-state index contributed by atoms with van der Waals surface area (Å²) in [6.45, 7) is 0.552.